The Morgan fingerprint density at radius 2 is 2.17 bits per heavy atom. The van der Waals surface area contributed by atoms with Gasteiger partial charge in [-0.25, -0.2) is 4.98 Å². The molecule has 0 radical (unpaired) electrons. The summed E-state index contributed by atoms with van der Waals surface area (Å²) in [5.74, 6) is 0.383. The summed E-state index contributed by atoms with van der Waals surface area (Å²) in [5.41, 5.74) is 0.497. The summed E-state index contributed by atoms with van der Waals surface area (Å²) in [6.45, 7) is 2.46. The normalized spacial score (nSPS) is 16.8. The van der Waals surface area contributed by atoms with Crippen LogP contribution in [0.3, 0.4) is 0 Å². The van der Waals surface area contributed by atoms with Gasteiger partial charge in [-0.2, -0.15) is 4.80 Å². The van der Waals surface area contributed by atoms with Crippen LogP contribution in [0.1, 0.15) is 18.3 Å². The molecule has 158 valence electrons. The number of hydrogen-bond acceptors (Lipinski definition) is 8. The fourth-order valence-corrected chi connectivity index (χ4v) is 3.32. The average Bonchev–Trinajstić information content (AvgIpc) is 3.26. The average molecular weight is 413 g/mol. The zero-order chi connectivity index (χ0) is 20.9. The van der Waals surface area contributed by atoms with E-state index < -0.39 is 6.10 Å². The molecule has 1 amide bonds. The Labute approximate surface area is 172 Å². The van der Waals surface area contributed by atoms with Gasteiger partial charge >= 0.3 is 0 Å². The molecule has 11 nitrogen and oxygen atoms in total. The predicted molar refractivity (Wildman–Crippen MR) is 106 cm³/mol. The molecule has 0 saturated carbocycles. The summed E-state index contributed by atoms with van der Waals surface area (Å²) in [4.78, 5) is 32.8. The number of carbonyl (C=O) groups is 1. The van der Waals surface area contributed by atoms with Crippen molar-refractivity contribution in [2.45, 2.75) is 25.6 Å². The van der Waals surface area contributed by atoms with Crippen molar-refractivity contribution in [1.29, 1.82) is 0 Å². The van der Waals surface area contributed by atoms with Gasteiger partial charge in [0.25, 0.3) is 5.56 Å². The minimum Gasteiger partial charge on any atom is -0.383 e. The lowest BCUT2D eigenvalue weighted by Crippen LogP contribution is -2.43. The van der Waals surface area contributed by atoms with Crippen molar-refractivity contribution in [2.75, 3.05) is 33.4 Å². The Morgan fingerprint density at radius 1 is 1.30 bits per heavy atom. The van der Waals surface area contributed by atoms with Crippen molar-refractivity contribution in [3.63, 3.8) is 0 Å². The molecule has 1 saturated heterocycles. The molecule has 3 heterocycles. The maximum Gasteiger partial charge on any atom is 0.261 e. The van der Waals surface area contributed by atoms with Crippen molar-refractivity contribution in [1.82, 2.24) is 34.7 Å². The van der Waals surface area contributed by atoms with Gasteiger partial charge < -0.3 is 14.4 Å². The Kier molecular flexibility index (Phi) is 6.10. The topological polar surface area (TPSA) is 117 Å². The summed E-state index contributed by atoms with van der Waals surface area (Å²) in [6, 6.07) is 7.17. The van der Waals surface area contributed by atoms with Crippen molar-refractivity contribution in [3.8, 4) is 0 Å². The molecule has 30 heavy (non-hydrogen) atoms. The van der Waals surface area contributed by atoms with Crippen LogP contribution in [0.25, 0.3) is 10.9 Å². The summed E-state index contributed by atoms with van der Waals surface area (Å²) < 4.78 is 12.2. The number of methoxy groups -OCH3 is 1. The molecule has 0 spiro atoms. The fraction of sp³-hybridized carbons (Fsp3) is 0.474. The Balaban J connectivity index is 1.37. The zero-order valence-electron chi connectivity index (χ0n) is 16.7. The predicted octanol–water partition coefficient (Wildman–Crippen LogP) is 0.0196. The second-order valence-electron chi connectivity index (χ2n) is 6.95. The van der Waals surface area contributed by atoms with E-state index in [2.05, 4.69) is 20.4 Å². The maximum absolute atomic E-state index is 12.7. The first-order chi connectivity index (χ1) is 14.7. The highest BCUT2D eigenvalue weighted by Gasteiger charge is 2.28. The molecule has 0 N–H and O–H groups in total. The molecule has 3 aromatic rings. The summed E-state index contributed by atoms with van der Waals surface area (Å²) in [7, 11) is 1.60. The van der Waals surface area contributed by atoms with E-state index in [0.29, 0.717) is 49.6 Å². The van der Waals surface area contributed by atoms with Crippen LogP contribution in [0.2, 0.25) is 0 Å². The van der Waals surface area contributed by atoms with E-state index in [1.165, 1.54) is 15.7 Å². The van der Waals surface area contributed by atoms with Crippen LogP contribution in [-0.2, 0) is 27.4 Å². The number of amides is 1. The van der Waals surface area contributed by atoms with E-state index in [1.54, 1.807) is 30.2 Å². The highest BCUT2D eigenvalue weighted by Crippen LogP contribution is 2.19. The van der Waals surface area contributed by atoms with Gasteiger partial charge in [-0.15, -0.1) is 10.2 Å². The Morgan fingerprint density at radius 3 is 3.03 bits per heavy atom. The SMILES string of the molecule is COCCn1nnc(C2CN(C(=O)CCn3cnc4ccccc4c3=O)CCO2)n1. The number of para-hydroxylation sites is 1. The third kappa shape index (κ3) is 4.36. The monoisotopic (exact) mass is 413 g/mol. The molecular weight excluding hydrogens is 390 g/mol. The second-order valence-corrected chi connectivity index (χ2v) is 6.95. The van der Waals surface area contributed by atoms with Crippen LogP contribution >= 0.6 is 0 Å². The molecule has 0 bridgehead atoms. The molecule has 1 fully saturated rings. The number of tetrazole rings is 1. The molecule has 2 aromatic heterocycles. The van der Waals surface area contributed by atoms with Gasteiger partial charge in [-0.3, -0.25) is 14.2 Å². The van der Waals surface area contributed by atoms with Gasteiger partial charge in [0.15, 0.2) is 0 Å². The van der Waals surface area contributed by atoms with Crippen molar-refractivity contribution >= 4 is 16.8 Å². The van der Waals surface area contributed by atoms with Gasteiger partial charge in [0, 0.05) is 26.6 Å². The lowest BCUT2D eigenvalue weighted by molar-refractivity contribution is -0.139. The number of aromatic nitrogens is 6. The molecule has 1 atom stereocenters. The zero-order valence-corrected chi connectivity index (χ0v) is 16.7. The van der Waals surface area contributed by atoms with E-state index in [0.717, 1.165) is 0 Å². The van der Waals surface area contributed by atoms with Crippen LogP contribution in [0.5, 0.6) is 0 Å². The van der Waals surface area contributed by atoms with Crippen molar-refractivity contribution in [3.05, 3.63) is 46.8 Å². The standard InChI is InChI=1S/C19H23N7O4/c1-29-10-9-26-22-18(21-23-26)16-12-24(8-11-30-16)17(27)6-7-25-13-20-15-5-3-2-4-14(15)19(25)28/h2-5,13,16H,6-12H2,1H3. The minimum absolute atomic E-state index is 0.0601. The number of carbonyl (C=O) groups excluding carboxylic acids is 1. The molecule has 1 aromatic carbocycles. The second kappa shape index (κ2) is 9.09. The van der Waals surface area contributed by atoms with Crippen molar-refractivity contribution in [2.24, 2.45) is 0 Å². The van der Waals surface area contributed by atoms with E-state index in [1.807, 2.05) is 6.07 Å². The van der Waals surface area contributed by atoms with Gasteiger partial charge in [-0.1, -0.05) is 12.1 Å². The summed E-state index contributed by atoms with van der Waals surface area (Å²) in [5, 5.41) is 12.8. The molecule has 4 rings (SSSR count). The van der Waals surface area contributed by atoms with Gasteiger partial charge in [0.05, 0.1) is 43.5 Å². The van der Waals surface area contributed by atoms with E-state index >= 15 is 0 Å². The quantitative estimate of drug-likeness (QED) is 0.532. The third-order valence-electron chi connectivity index (χ3n) is 4.97. The summed E-state index contributed by atoms with van der Waals surface area (Å²) in [6.07, 6.45) is 1.26. The van der Waals surface area contributed by atoms with Gasteiger partial charge in [0.2, 0.25) is 11.7 Å². The fourth-order valence-electron chi connectivity index (χ4n) is 3.32. The van der Waals surface area contributed by atoms with Crippen LogP contribution in [0.4, 0.5) is 0 Å². The van der Waals surface area contributed by atoms with Crippen LogP contribution < -0.4 is 5.56 Å². The maximum atomic E-state index is 12.7. The number of aryl methyl sites for hydroxylation is 1. The molecule has 0 aliphatic carbocycles. The van der Waals surface area contributed by atoms with Crippen LogP contribution in [-0.4, -0.2) is 74.0 Å². The number of morpholine rings is 1. The molecule has 1 unspecified atom stereocenters. The van der Waals surface area contributed by atoms with Crippen LogP contribution in [0, 0.1) is 0 Å². The van der Waals surface area contributed by atoms with E-state index in [9.17, 15) is 9.59 Å². The molecule has 1 aliphatic heterocycles. The number of ether oxygens (including phenoxy) is 2. The first-order valence-electron chi connectivity index (χ1n) is 9.76. The highest BCUT2D eigenvalue weighted by molar-refractivity contribution is 5.77. The number of hydrogen-bond donors (Lipinski definition) is 0. The van der Waals surface area contributed by atoms with Crippen LogP contribution in [0.15, 0.2) is 35.4 Å². The molecular formula is C19H23N7O4. The van der Waals surface area contributed by atoms with E-state index in [4.69, 9.17) is 9.47 Å². The van der Waals surface area contributed by atoms with Gasteiger partial charge in [0.1, 0.15) is 6.10 Å². The number of rotatable bonds is 7. The number of benzene rings is 1. The lowest BCUT2D eigenvalue weighted by atomic mass is 10.2. The number of fused-ring (bicyclic) bond motifs is 1. The first kappa shape index (κ1) is 20.1. The molecule has 1 aliphatic rings. The smallest absolute Gasteiger partial charge is 0.261 e. The molecule has 11 heteroatoms. The summed E-state index contributed by atoms with van der Waals surface area (Å²) >= 11 is 0. The Hall–Kier alpha value is -3.18. The minimum atomic E-state index is -0.427. The lowest BCUT2D eigenvalue weighted by Gasteiger charge is -2.31. The van der Waals surface area contributed by atoms with E-state index in [-0.39, 0.29) is 24.4 Å². The largest absolute Gasteiger partial charge is 0.383 e. The first-order valence-corrected chi connectivity index (χ1v) is 9.76. The Bertz CT molecular complexity index is 1080. The third-order valence-corrected chi connectivity index (χ3v) is 4.97. The van der Waals surface area contributed by atoms with Crippen molar-refractivity contribution < 1.29 is 14.3 Å². The highest BCUT2D eigenvalue weighted by atomic mass is 16.5. The number of nitrogens with zero attached hydrogens (tertiary/aromatic N) is 7. The van der Waals surface area contributed by atoms with Gasteiger partial charge in [-0.05, 0) is 17.3 Å².